The van der Waals surface area contributed by atoms with E-state index in [1.54, 1.807) is 4.68 Å². The van der Waals surface area contributed by atoms with Crippen LogP contribution in [-0.2, 0) is 13.1 Å². The molecule has 6 heteroatoms. The smallest absolute Gasteiger partial charge is 0.182 e. The van der Waals surface area contributed by atoms with Crippen LogP contribution in [0, 0.1) is 0 Å². The van der Waals surface area contributed by atoms with Crippen molar-refractivity contribution in [2.45, 2.75) is 19.2 Å². The second-order valence-electron chi connectivity index (χ2n) is 5.32. The van der Waals surface area contributed by atoms with Crippen molar-refractivity contribution in [3.63, 3.8) is 0 Å². The summed E-state index contributed by atoms with van der Waals surface area (Å²) >= 11 is 0. The summed E-state index contributed by atoms with van der Waals surface area (Å²) in [5, 5.41) is 25.1. The van der Waals surface area contributed by atoms with Gasteiger partial charge in [-0.05, 0) is 16.0 Å². The number of nitrogens with zero attached hydrogens (tertiary/aromatic N) is 4. The maximum absolute atomic E-state index is 10.2. The first-order chi connectivity index (χ1) is 11.3. The molecule has 0 aliphatic heterocycles. The average molecular weight is 309 g/mol. The van der Waals surface area contributed by atoms with Gasteiger partial charge >= 0.3 is 0 Å². The van der Waals surface area contributed by atoms with E-state index in [4.69, 9.17) is 0 Å². The van der Waals surface area contributed by atoms with Gasteiger partial charge in [0.1, 0.15) is 0 Å². The molecule has 0 saturated heterocycles. The van der Waals surface area contributed by atoms with E-state index in [9.17, 15) is 5.11 Å². The van der Waals surface area contributed by atoms with Crippen molar-refractivity contribution in [2.75, 3.05) is 6.54 Å². The van der Waals surface area contributed by atoms with E-state index in [0.29, 0.717) is 18.9 Å². The zero-order valence-electron chi connectivity index (χ0n) is 12.7. The molecule has 0 radical (unpaired) electrons. The number of aliphatic hydroxyl groups excluding tert-OH is 1. The lowest BCUT2D eigenvalue weighted by atomic mass is 10.2. The molecule has 0 aliphatic carbocycles. The highest BCUT2D eigenvalue weighted by Crippen LogP contribution is 2.14. The third kappa shape index (κ3) is 4.21. The molecule has 0 fully saturated rings. The number of aromatic nitrogens is 4. The van der Waals surface area contributed by atoms with Crippen LogP contribution >= 0.6 is 0 Å². The average Bonchev–Trinajstić information content (AvgIpc) is 3.05. The van der Waals surface area contributed by atoms with Gasteiger partial charge in [-0.25, -0.2) is 4.68 Å². The van der Waals surface area contributed by atoms with E-state index in [-0.39, 0.29) is 0 Å². The van der Waals surface area contributed by atoms with Crippen LogP contribution in [0.15, 0.2) is 60.7 Å². The molecule has 0 bridgehead atoms. The SMILES string of the molecule is OC(CNCc1ccccc1)Cn1nnnc1-c1ccccc1. The molecule has 3 rings (SSSR count). The summed E-state index contributed by atoms with van der Waals surface area (Å²) in [7, 11) is 0. The molecule has 0 spiro atoms. The van der Waals surface area contributed by atoms with E-state index in [1.165, 1.54) is 5.56 Å². The second-order valence-corrected chi connectivity index (χ2v) is 5.32. The molecule has 1 atom stereocenters. The first-order valence-corrected chi connectivity index (χ1v) is 7.57. The molecule has 0 aliphatic rings. The van der Waals surface area contributed by atoms with E-state index in [1.807, 2.05) is 60.7 Å². The van der Waals surface area contributed by atoms with Gasteiger partial charge in [0.15, 0.2) is 5.82 Å². The molecule has 3 aromatic rings. The molecule has 1 unspecified atom stereocenters. The van der Waals surface area contributed by atoms with E-state index >= 15 is 0 Å². The summed E-state index contributed by atoms with van der Waals surface area (Å²) in [5.74, 6) is 0.660. The topological polar surface area (TPSA) is 75.9 Å². The summed E-state index contributed by atoms with van der Waals surface area (Å²) in [6.07, 6.45) is -0.565. The largest absolute Gasteiger partial charge is 0.390 e. The summed E-state index contributed by atoms with van der Waals surface area (Å²) in [6.45, 7) is 1.54. The Labute approximate surface area is 134 Å². The highest BCUT2D eigenvalue weighted by atomic mass is 16.3. The van der Waals surface area contributed by atoms with Gasteiger partial charge in [-0.1, -0.05) is 60.7 Å². The van der Waals surface area contributed by atoms with E-state index in [0.717, 1.165) is 12.1 Å². The Morgan fingerprint density at radius 2 is 1.70 bits per heavy atom. The second kappa shape index (κ2) is 7.62. The fraction of sp³-hybridized carbons (Fsp3) is 0.235. The van der Waals surface area contributed by atoms with Crippen LogP contribution in [0.25, 0.3) is 11.4 Å². The lowest BCUT2D eigenvalue weighted by molar-refractivity contribution is 0.146. The van der Waals surface area contributed by atoms with Gasteiger partial charge in [-0.2, -0.15) is 0 Å². The highest BCUT2D eigenvalue weighted by Gasteiger charge is 2.12. The van der Waals surface area contributed by atoms with Gasteiger partial charge in [-0.15, -0.1) is 5.10 Å². The molecule has 0 amide bonds. The minimum absolute atomic E-state index is 0.346. The maximum atomic E-state index is 10.2. The van der Waals surface area contributed by atoms with Gasteiger partial charge in [0.25, 0.3) is 0 Å². The van der Waals surface area contributed by atoms with Gasteiger partial charge < -0.3 is 10.4 Å². The number of rotatable bonds is 7. The Balaban J connectivity index is 1.54. The van der Waals surface area contributed by atoms with Crippen LogP contribution in [-0.4, -0.2) is 38.0 Å². The molecule has 0 saturated carbocycles. The highest BCUT2D eigenvalue weighted by molar-refractivity contribution is 5.53. The minimum atomic E-state index is -0.565. The Bertz CT molecular complexity index is 714. The minimum Gasteiger partial charge on any atom is -0.390 e. The zero-order valence-corrected chi connectivity index (χ0v) is 12.7. The quantitative estimate of drug-likeness (QED) is 0.691. The Hall–Kier alpha value is -2.57. The molecule has 2 aromatic carbocycles. The van der Waals surface area contributed by atoms with Crippen LogP contribution in [0.5, 0.6) is 0 Å². The summed E-state index contributed by atoms with van der Waals surface area (Å²) in [4.78, 5) is 0. The summed E-state index contributed by atoms with van der Waals surface area (Å²) in [6, 6.07) is 19.8. The molecule has 1 aromatic heterocycles. The summed E-state index contributed by atoms with van der Waals surface area (Å²) in [5.41, 5.74) is 2.12. The summed E-state index contributed by atoms with van der Waals surface area (Å²) < 4.78 is 1.63. The normalized spacial score (nSPS) is 12.2. The third-order valence-corrected chi connectivity index (χ3v) is 3.50. The Morgan fingerprint density at radius 1 is 1.00 bits per heavy atom. The number of benzene rings is 2. The number of hydrogen-bond donors (Lipinski definition) is 2. The molecule has 1 heterocycles. The van der Waals surface area contributed by atoms with Crippen LogP contribution in [0.2, 0.25) is 0 Å². The molecule has 118 valence electrons. The standard InChI is InChI=1S/C17H19N5O/c23-16(12-18-11-14-7-3-1-4-8-14)13-22-17(19-20-21-22)15-9-5-2-6-10-15/h1-10,16,18,23H,11-13H2. The number of aliphatic hydroxyl groups is 1. The molecule has 2 N–H and O–H groups in total. The van der Waals surface area contributed by atoms with Crippen LogP contribution in [0.1, 0.15) is 5.56 Å². The fourth-order valence-corrected chi connectivity index (χ4v) is 2.36. The lowest BCUT2D eigenvalue weighted by Crippen LogP contribution is -2.30. The fourth-order valence-electron chi connectivity index (χ4n) is 2.36. The number of nitrogens with one attached hydrogen (secondary N) is 1. The van der Waals surface area contributed by atoms with Crippen LogP contribution in [0.4, 0.5) is 0 Å². The molecule has 6 nitrogen and oxygen atoms in total. The lowest BCUT2D eigenvalue weighted by Gasteiger charge is -2.12. The first kappa shape index (κ1) is 15.3. The Morgan fingerprint density at radius 3 is 2.43 bits per heavy atom. The van der Waals surface area contributed by atoms with E-state index in [2.05, 4.69) is 20.8 Å². The first-order valence-electron chi connectivity index (χ1n) is 7.57. The van der Waals surface area contributed by atoms with Crippen molar-refractivity contribution in [3.05, 3.63) is 66.2 Å². The predicted molar refractivity (Wildman–Crippen MR) is 87.4 cm³/mol. The van der Waals surface area contributed by atoms with Crippen LogP contribution < -0.4 is 5.32 Å². The van der Waals surface area contributed by atoms with Gasteiger partial charge in [-0.3, -0.25) is 0 Å². The molecular formula is C17H19N5O. The van der Waals surface area contributed by atoms with Crippen molar-refractivity contribution < 1.29 is 5.11 Å². The monoisotopic (exact) mass is 309 g/mol. The van der Waals surface area contributed by atoms with Gasteiger partial charge in [0, 0.05) is 18.7 Å². The Kier molecular flexibility index (Phi) is 5.08. The number of tetrazole rings is 1. The molecule has 23 heavy (non-hydrogen) atoms. The van der Waals surface area contributed by atoms with E-state index < -0.39 is 6.10 Å². The van der Waals surface area contributed by atoms with Crippen molar-refractivity contribution >= 4 is 0 Å². The van der Waals surface area contributed by atoms with Crippen molar-refractivity contribution in [1.29, 1.82) is 0 Å². The van der Waals surface area contributed by atoms with Crippen molar-refractivity contribution in [2.24, 2.45) is 0 Å². The maximum Gasteiger partial charge on any atom is 0.182 e. The molecular weight excluding hydrogens is 290 g/mol. The number of hydrogen-bond acceptors (Lipinski definition) is 5. The van der Waals surface area contributed by atoms with Crippen LogP contribution in [0.3, 0.4) is 0 Å². The van der Waals surface area contributed by atoms with Crippen molar-refractivity contribution in [3.8, 4) is 11.4 Å². The van der Waals surface area contributed by atoms with Gasteiger partial charge in [0.05, 0.1) is 12.6 Å². The van der Waals surface area contributed by atoms with Crippen molar-refractivity contribution in [1.82, 2.24) is 25.5 Å². The van der Waals surface area contributed by atoms with Gasteiger partial charge in [0.2, 0.25) is 0 Å². The third-order valence-electron chi connectivity index (χ3n) is 3.50. The zero-order chi connectivity index (χ0) is 15.9. The predicted octanol–water partition coefficient (Wildman–Crippen LogP) is 1.49.